The van der Waals surface area contributed by atoms with Crippen LogP contribution in [-0.2, 0) is 19.6 Å². The maximum absolute atomic E-state index is 12.7. The number of hydrogen-bond acceptors (Lipinski definition) is 5. The standard InChI is InChI=1S/C18H25N3O5S/c1-14(22)20-8-10-21(11-9-20)27(24,25)17-6-4-15(5-7-17)18(23)19-13-16-3-2-12-26-16/h4-7,16H,2-3,8-13H2,1H3,(H,19,23). The molecule has 1 unspecified atom stereocenters. The fourth-order valence-corrected chi connectivity index (χ4v) is 4.71. The van der Waals surface area contributed by atoms with Gasteiger partial charge in [0.2, 0.25) is 15.9 Å². The predicted molar refractivity (Wildman–Crippen MR) is 98.8 cm³/mol. The number of carbonyl (C=O) groups is 2. The van der Waals surface area contributed by atoms with Crippen LogP contribution in [0.15, 0.2) is 29.2 Å². The second-order valence-corrected chi connectivity index (χ2v) is 8.72. The molecule has 2 amide bonds. The van der Waals surface area contributed by atoms with E-state index in [9.17, 15) is 18.0 Å². The molecule has 2 aliphatic heterocycles. The highest BCUT2D eigenvalue weighted by atomic mass is 32.2. The lowest BCUT2D eigenvalue weighted by molar-refractivity contribution is -0.129. The van der Waals surface area contributed by atoms with Crippen LogP contribution in [0.3, 0.4) is 0 Å². The van der Waals surface area contributed by atoms with Crippen LogP contribution in [-0.4, -0.2) is 74.9 Å². The van der Waals surface area contributed by atoms with Crippen LogP contribution in [0.2, 0.25) is 0 Å². The summed E-state index contributed by atoms with van der Waals surface area (Å²) in [7, 11) is -3.64. The molecule has 0 bridgehead atoms. The monoisotopic (exact) mass is 395 g/mol. The van der Waals surface area contributed by atoms with E-state index in [1.54, 1.807) is 4.90 Å². The molecule has 0 aliphatic carbocycles. The Morgan fingerprint density at radius 3 is 2.37 bits per heavy atom. The van der Waals surface area contributed by atoms with Crippen LogP contribution in [0.4, 0.5) is 0 Å². The first-order valence-corrected chi connectivity index (χ1v) is 10.6. The molecule has 3 rings (SSSR count). The third kappa shape index (κ3) is 4.66. The maximum atomic E-state index is 12.7. The number of nitrogens with zero attached hydrogens (tertiary/aromatic N) is 2. The van der Waals surface area contributed by atoms with Gasteiger partial charge in [-0.1, -0.05) is 0 Å². The number of benzene rings is 1. The first-order valence-electron chi connectivity index (χ1n) is 9.13. The van der Waals surface area contributed by atoms with Gasteiger partial charge in [0.25, 0.3) is 5.91 Å². The first-order chi connectivity index (χ1) is 12.9. The van der Waals surface area contributed by atoms with Crippen LogP contribution in [0.5, 0.6) is 0 Å². The molecule has 0 aromatic heterocycles. The van der Waals surface area contributed by atoms with E-state index in [0.717, 1.165) is 19.4 Å². The number of piperazine rings is 1. The topological polar surface area (TPSA) is 96.0 Å². The Kier molecular flexibility index (Phi) is 6.13. The lowest BCUT2D eigenvalue weighted by Crippen LogP contribution is -2.49. The largest absolute Gasteiger partial charge is 0.376 e. The molecule has 9 heteroatoms. The molecule has 2 heterocycles. The van der Waals surface area contributed by atoms with Gasteiger partial charge in [-0.3, -0.25) is 9.59 Å². The lowest BCUT2D eigenvalue weighted by Gasteiger charge is -2.33. The van der Waals surface area contributed by atoms with Crippen molar-refractivity contribution < 1.29 is 22.7 Å². The van der Waals surface area contributed by atoms with Crippen molar-refractivity contribution in [1.29, 1.82) is 0 Å². The van der Waals surface area contributed by atoms with Gasteiger partial charge in [-0.2, -0.15) is 4.31 Å². The molecule has 1 atom stereocenters. The van der Waals surface area contributed by atoms with Crippen molar-refractivity contribution in [3.8, 4) is 0 Å². The Hall–Kier alpha value is -1.97. The van der Waals surface area contributed by atoms with Crippen molar-refractivity contribution in [2.24, 2.45) is 0 Å². The van der Waals surface area contributed by atoms with Crippen LogP contribution in [0.1, 0.15) is 30.1 Å². The smallest absolute Gasteiger partial charge is 0.251 e. The second-order valence-electron chi connectivity index (χ2n) is 6.78. The lowest BCUT2D eigenvalue weighted by atomic mass is 10.2. The molecule has 148 valence electrons. The van der Waals surface area contributed by atoms with Crippen molar-refractivity contribution in [3.05, 3.63) is 29.8 Å². The van der Waals surface area contributed by atoms with Crippen LogP contribution in [0, 0.1) is 0 Å². The summed E-state index contributed by atoms with van der Waals surface area (Å²) in [5.74, 6) is -0.296. The number of ether oxygens (including phenoxy) is 1. The molecule has 1 aromatic rings. The van der Waals surface area contributed by atoms with Crippen molar-refractivity contribution in [2.75, 3.05) is 39.3 Å². The zero-order valence-electron chi connectivity index (χ0n) is 15.4. The minimum atomic E-state index is -3.64. The summed E-state index contributed by atoms with van der Waals surface area (Å²) in [6.07, 6.45) is 2.00. The van der Waals surface area contributed by atoms with Crippen LogP contribution in [0.25, 0.3) is 0 Å². The van der Waals surface area contributed by atoms with E-state index in [0.29, 0.717) is 25.2 Å². The third-order valence-electron chi connectivity index (χ3n) is 4.95. The number of nitrogens with one attached hydrogen (secondary N) is 1. The summed E-state index contributed by atoms with van der Waals surface area (Å²) in [4.78, 5) is 25.4. The molecular formula is C18H25N3O5S. The van der Waals surface area contributed by atoms with Gasteiger partial charge in [0.1, 0.15) is 0 Å². The molecule has 1 N–H and O–H groups in total. The second kappa shape index (κ2) is 8.37. The van der Waals surface area contributed by atoms with Gasteiger partial charge in [-0.05, 0) is 37.1 Å². The molecule has 0 saturated carbocycles. The molecule has 0 spiro atoms. The molecule has 27 heavy (non-hydrogen) atoms. The SMILES string of the molecule is CC(=O)N1CCN(S(=O)(=O)c2ccc(C(=O)NCC3CCCO3)cc2)CC1. The van der Waals surface area contributed by atoms with Crippen LogP contribution >= 0.6 is 0 Å². The summed E-state index contributed by atoms with van der Waals surface area (Å²) in [5, 5.41) is 2.82. The first kappa shape index (κ1) is 19.8. The number of amides is 2. The Bertz CT molecular complexity index is 780. The summed E-state index contributed by atoms with van der Waals surface area (Å²) in [6.45, 7) is 3.98. The van der Waals surface area contributed by atoms with E-state index in [1.165, 1.54) is 35.5 Å². The molecule has 2 saturated heterocycles. The number of hydrogen-bond donors (Lipinski definition) is 1. The van der Waals surface area contributed by atoms with E-state index in [2.05, 4.69) is 5.32 Å². The fraction of sp³-hybridized carbons (Fsp3) is 0.556. The highest BCUT2D eigenvalue weighted by Gasteiger charge is 2.29. The number of sulfonamides is 1. The third-order valence-corrected chi connectivity index (χ3v) is 6.87. The number of carbonyl (C=O) groups excluding carboxylic acids is 2. The molecule has 2 fully saturated rings. The highest BCUT2D eigenvalue weighted by molar-refractivity contribution is 7.89. The zero-order valence-corrected chi connectivity index (χ0v) is 16.2. The van der Waals surface area contributed by atoms with Gasteiger partial charge in [0.15, 0.2) is 0 Å². The van der Waals surface area contributed by atoms with Gasteiger partial charge in [-0.15, -0.1) is 0 Å². The number of rotatable bonds is 5. The van der Waals surface area contributed by atoms with Crippen LogP contribution < -0.4 is 5.32 Å². The average molecular weight is 395 g/mol. The Morgan fingerprint density at radius 1 is 1.15 bits per heavy atom. The zero-order chi connectivity index (χ0) is 19.4. The van der Waals surface area contributed by atoms with Crippen molar-refractivity contribution >= 4 is 21.8 Å². The van der Waals surface area contributed by atoms with Crippen molar-refractivity contribution in [2.45, 2.75) is 30.8 Å². The average Bonchev–Trinajstić information content (AvgIpc) is 3.20. The normalized spacial score (nSPS) is 21.2. The quantitative estimate of drug-likeness (QED) is 0.781. The Labute approximate surface area is 159 Å². The van der Waals surface area contributed by atoms with E-state index >= 15 is 0 Å². The molecular weight excluding hydrogens is 370 g/mol. The predicted octanol–water partition coefficient (Wildman–Crippen LogP) is 0.448. The Morgan fingerprint density at radius 2 is 1.81 bits per heavy atom. The van der Waals surface area contributed by atoms with Gasteiger partial charge < -0.3 is 15.0 Å². The van der Waals surface area contributed by atoms with Crippen molar-refractivity contribution in [1.82, 2.24) is 14.5 Å². The summed E-state index contributed by atoms with van der Waals surface area (Å²) in [6, 6.07) is 5.94. The summed E-state index contributed by atoms with van der Waals surface area (Å²) < 4.78 is 32.3. The molecule has 2 aliphatic rings. The fourth-order valence-electron chi connectivity index (χ4n) is 3.28. The minimum Gasteiger partial charge on any atom is -0.376 e. The summed E-state index contributed by atoms with van der Waals surface area (Å²) in [5.41, 5.74) is 0.411. The molecule has 1 aromatic carbocycles. The van der Waals surface area contributed by atoms with Gasteiger partial charge in [-0.25, -0.2) is 8.42 Å². The van der Waals surface area contributed by atoms with Gasteiger partial charge >= 0.3 is 0 Å². The van der Waals surface area contributed by atoms with E-state index in [-0.39, 0.29) is 35.9 Å². The van der Waals surface area contributed by atoms with Gasteiger partial charge in [0.05, 0.1) is 11.0 Å². The minimum absolute atomic E-state index is 0.0505. The Balaban J connectivity index is 1.60. The van der Waals surface area contributed by atoms with E-state index in [1.807, 2.05) is 0 Å². The highest BCUT2D eigenvalue weighted by Crippen LogP contribution is 2.18. The van der Waals surface area contributed by atoms with E-state index in [4.69, 9.17) is 4.74 Å². The maximum Gasteiger partial charge on any atom is 0.251 e. The van der Waals surface area contributed by atoms with Crippen molar-refractivity contribution in [3.63, 3.8) is 0 Å². The van der Waals surface area contributed by atoms with E-state index < -0.39 is 10.0 Å². The molecule has 8 nitrogen and oxygen atoms in total. The summed E-state index contributed by atoms with van der Waals surface area (Å²) >= 11 is 0. The molecule has 0 radical (unpaired) electrons. The van der Waals surface area contributed by atoms with Gasteiger partial charge in [0, 0.05) is 51.8 Å².